The number of rotatable bonds is 10. The van der Waals surface area contributed by atoms with Gasteiger partial charge >= 0.3 is 5.97 Å². The van der Waals surface area contributed by atoms with Gasteiger partial charge in [0.25, 0.3) is 0 Å². The first-order chi connectivity index (χ1) is 15.4. The maximum absolute atomic E-state index is 12.6. The van der Waals surface area contributed by atoms with Gasteiger partial charge in [0.2, 0.25) is 15.9 Å². The highest BCUT2D eigenvalue weighted by Gasteiger charge is 2.26. The Labute approximate surface area is 189 Å². The van der Waals surface area contributed by atoms with Crippen molar-refractivity contribution < 1.29 is 22.7 Å². The molecular weight excluding hydrogens is 428 g/mol. The summed E-state index contributed by atoms with van der Waals surface area (Å²) in [6, 6.07) is 13.3. The Hall–Kier alpha value is -2.71. The number of aryl methyl sites for hydroxylation is 1. The molecule has 1 amide bonds. The first kappa shape index (κ1) is 23.9. The Morgan fingerprint density at radius 2 is 1.66 bits per heavy atom. The molecule has 0 aromatic heterocycles. The average molecular weight is 459 g/mol. The standard InChI is InChI=1S/C24H30N2O5S/c1-2-3-18-31-24(28)20-9-11-21(12-10-20)25-23(27)15-8-19-6-13-22(14-7-19)32(29,30)26-16-4-5-17-26/h6-7,9-14H,2-5,8,15-18H2,1H3,(H,25,27). The maximum Gasteiger partial charge on any atom is 0.338 e. The van der Waals surface area contributed by atoms with Gasteiger partial charge in [-0.15, -0.1) is 0 Å². The van der Waals surface area contributed by atoms with Gasteiger partial charge in [-0.2, -0.15) is 4.31 Å². The number of esters is 1. The van der Waals surface area contributed by atoms with E-state index >= 15 is 0 Å². The number of unbranched alkanes of at least 4 members (excludes halogenated alkanes) is 1. The molecule has 7 nitrogen and oxygen atoms in total. The smallest absolute Gasteiger partial charge is 0.338 e. The highest BCUT2D eigenvalue weighted by atomic mass is 32.2. The zero-order valence-corrected chi connectivity index (χ0v) is 19.2. The van der Waals surface area contributed by atoms with E-state index in [0.717, 1.165) is 31.2 Å². The Kier molecular flexibility index (Phi) is 8.41. The minimum atomic E-state index is -3.42. The zero-order valence-electron chi connectivity index (χ0n) is 18.4. The Morgan fingerprint density at radius 1 is 1.00 bits per heavy atom. The van der Waals surface area contributed by atoms with Crippen molar-refractivity contribution in [2.45, 2.75) is 50.3 Å². The summed E-state index contributed by atoms with van der Waals surface area (Å²) in [4.78, 5) is 24.5. The number of amides is 1. The summed E-state index contributed by atoms with van der Waals surface area (Å²) in [5.74, 6) is -0.524. The highest BCUT2D eigenvalue weighted by molar-refractivity contribution is 7.89. The fraction of sp³-hybridized carbons (Fsp3) is 0.417. The lowest BCUT2D eigenvalue weighted by Crippen LogP contribution is -2.27. The molecule has 0 radical (unpaired) electrons. The van der Waals surface area contributed by atoms with E-state index in [2.05, 4.69) is 5.32 Å². The normalized spacial score (nSPS) is 14.3. The molecule has 1 fully saturated rings. The monoisotopic (exact) mass is 458 g/mol. The van der Waals surface area contributed by atoms with Crippen LogP contribution in [0.3, 0.4) is 0 Å². The molecule has 0 aliphatic carbocycles. The van der Waals surface area contributed by atoms with Crippen molar-refractivity contribution in [3.8, 4) is 0 Å². The van der Waals surface area contributed by atoms with Crippen LogP contribution in [0.15, 0.2) is 53.4 Å². The lowest BCUT2D eigenvalue weighted by molar-refractivity contribution is -0.116. The SMILES string of the molecule is CCCCOC(=O)c1ccc(NC(=O)CCc2ccc(S(=O)(=O)N3CCCC3)cc2)cc1. The zero-order chi connectivity index (χ0) is 23.0. The molecule has 1 aliphatic rings. The van der Waals surface area contributed by atoms with Crippen molar-refractivity contribution in [2.24, 2.45) is 0 Å². The van der Waals surface area contributed by atoms with E-state index in [-0.39, 0.29) is 18.3 Å². The molecule has 0 spiro atoms. The van der Waals surface area contributed by atoms with Gasteiger partial charge in [-0.05, 0) is 67.6 Å². The number of carbonyl (C=O) groups excluding carboxylic acids is 2. The molecule has 1 saturated heterocycles. The largest absolute Gasteiger partial charge is 0.462 e. The lowest BCUT2D eigenvalue weighted by atomic mass is 10.1. The van der Waals surface area contributed by atoms with E-state index < -0.39 is 10.0 Å². The van der Waals surface area contributed by atoms with Crippen molar-refractivity contribution in [1.82, 2.24) is 4.31 Å². The number of nitrogens with zero attached hydrogens (tertiary/aromatic N) is 1. The topological polar surface area (TPSA) is 92.8 Å². The van der Waals surface area contributed by atoms with Gasteiger partial charge in [-0.1, -0.05) is 25.5 Å². The van der Waals surface area contributed by atoms with E-state index in [0.29, 0.717) is 42.3 Å². The van der Waals surface area contributed by atoms with Gasteiger partial charge in [0, 0.05) is 25.2 Å². The Balaban J connectivity index is 1.48. The van der Waals surface area contributed by atoms with Crippen molar-refractivity contribution in [2.75, 3.05) is 25.0 Å². The number of hydrogen-bond donors (Lipinski definition) is 1. The Bertz CT molecular complexity index is 1010. The van der Waals surface area contributed by atoms with Gasteiger partial charge in [0.05, 0.1) is 17.1 Å². The lowest BCUT2D eigenvalue weighted by Gasteiger charge is -2.15. The van der Waals surface area contributed by atoms with Gasteiger partial charge in [0.1, 0.15) is 0 Å². The molecule has 1 aliphatic heterocycles. The number of anilines is 1. The van der Waals surface area contributed by atoms with Crippen LogP contribution in [-0.2, 0) is 26.0 Å². The molecule has 0 bridgehead atoms. The summed E-state index contributed by atoms with van der Waals surface area (Å²) in [6.07, 6.45) is 4.35. The van der Waals surface area contributed by atoms with Crippen molar-refractivity contribution >= 4 is 27.6 Å². The van der Waals surface area contributed by atoms with Crippen LogP contribution in [0.2, 0.25) is 0 Å². The van der Waals surface area contributed by atoms with Crippen LogP contribution >= 0.6 is 0 Å². The van der Waals surface area contributed by atoms with Crippen molar-refractivity contribution in [3.05, 3.63) is 59.7 Å². The highest BCUT2D eigenvalue weighted by Crippen LogP contribution is 2.21. The number of hydrogen-bond acceptors (Lipinski definition) is 5. The van der Waals surface area contributed by atoms with Gasteiger partial charge in [0.15, 0.2) is 0 Å². The second-order valence-corrected chi connectivity index (χ2v) is 9.81. The first-order valence-corrected chi connectivity index (χ1v) is 12.5. The van der Waals surface area contributed by atoms with E-state index in [4.69, 9.17) is 4.74 Å². The van der Waals surface area contributed by atoms with Crippen LogP contribution in [0, 0.1) is 0 Å². The van der Waals surface area contributed by atoms with Crippen LogP contribution in [0.4, 0.5) is 5.69 Å². The molecule has 2 aromatic rings. The average Bonchev–Trinajstić information content (AvgIpc) is 3.35. The number of benzene rings is 2. The van der Waals surface area contributed by atoms with Crippen LogP contribution < -0.4 is 5.32 Å². The van der Waals surface area contributed by atoms with E-state index in [1.54, 1.807) is 48.5 Å². The third-order valence-corrected chi connectivity index (χ3v) is 7.32. The number of ether oxygens (including phenoxy) is 1. The molecule has 8 heteroatoms. The van der Waals surface area contributed by atoms with Crippen LogP contribution in [0.25, 0.3) is 0 Å². The summed E-state index contributed by atoms with van der Waals surface area (Å²) in [5.41, 5.74) is 1.95. The third-order valence-electron chi connectivity index (χ3n) is 5.40. The molecule has 1 heterocycles. The molecule has 1 N–H and O–H groups in total. The molecule has 3 rings (SSSR count). The predicted octanol–water partition coefficient (Wildman–Crippen LogP) is 4.00. The minimum Gasteiger partial charge on any atom is -0.462 e. The molecule has 172 valence electrons. The van der Waals surface area contributed by atoms with Crippen molar-refractivity contribution in [3.63, 3.8) is 0 Å². The quantitative estimate of drug-likeness (QED) is 0.429. The molecular formula is C24H30N2O5S. The minimum absolute atomic E-state index is 0.156. The summed E-state index contributed by atoms with van der Waals surface area (Å²) < 4.78 is 31.8. The molecule has 0 unspecified atom stereocenters. The van der Waals surface area contributed by atoms with Gasteiger partial charge in [-0.25, -0.2) is 13.2 Å². The molecule has 32 heavy (non-hydrogen) atoms. The second-order valence-electron chi connectivity index (χ2n) is 7.87. The van der Waals surface area contributed by atoms with E-state index in [9.17, 15) is 18.0 Å². The fourth-order valence-corrected chi connectivity index (χ4v) is 4.99. The summed E-state index contributed by atoms with van der Waals surface area (Å²) in [7, 11) is -3.42. The summed E-state index contributed by atoms with van der Waals surface area (Å²) in [5, 5.41) is 2.81. The van der Waals surface area contributed by atoms with Crippen LogP contribution in [-0.4, -0.2) is 44.3 Å². The van der Waals surface area contributed by atoms with Gasteiger partial charge < -0.3 is 10.1 Å². The Morgan fingerprint density at radius 3 is 2.28 bits per heavy atom. The molecule has 0 saturated carbocycles. The van der Waals surface area contributed by atoms with Crippen molar-refractivity contribution in [1.29, 1.82) is 0 Å². The predicted molar refractivity (Wildman–Crippen MR) is 123 cm³/mol. The number of nitrogens with one attached hydrogen (secondary N) is 1. The fourth-order valence-electron chi connectivity index (χ4n) is 3.47. The summed E-state index contributed by atoms with van der Waals surface area (Å²) in [6.45, 7) is 3.58. The van der Waals surface area contributed by atoms with Gasteiger partial charge in [-0.3, -0.25) is 4.79 Å². The molecule has 0 atom stereocenters. The van der Waals surface area contributed by atoms with E-state index in [1.165, 1.54) is 4.31 Å². The maximum atomic E-state index is 12.6. The third kappa shape index (κ3) is 6.40. The number of carbonyl (C=O) groups is 2. The number of sulfonamides is 1. The van der Waals surface area contributed by atoms with Crippen LogP contribution in [0.5, 0.6) is 0 Å². The molecule has 2 aromatic carbocycles. The van der Waals surface area contributed by atoms with Crippen LogP contribution in [0.1, 0.15) is 54.9 Å². The summed E-state index contributed by atoms with van der Waals surface area (Å²) >= 11 is 0. The van der Waals surface area contributed by atoms with E-state index in [1.807, 2.05) is 6.92 Å². The second kappa shape index (κ2) is 11.2. The first-order valence-electron chi connectivity index (χ1n) is 11.1.